The Morgan fingerprint density at radius 1 is 1.25 bits per heavy atom. The number of methoxy groups -OCH3 is 2. The van der Waals surface area contributed by atoms with Gasteiger partial charge in [-0.1, -0.05) is 13.8 Å². The minimum atomic E-state index is 0.164. The van der Waals surface area contributed by atoms with Crippen LogP contribution < -0.4 is 0 Å². The molecule has 0 aromatic carbocycles. The minimum Gasteiger partial charge on any atom is -0.385 e. The molecule has 0 spiro atoms. The third-order valence-corrected chi connectivity index (χ3v) is 1.89. The van der Waals surface area contributed by atoms with Crippen molar-refractivity contribution in [3.63, 3.8) is 0 Å². The second-order valence-corrected chi connectivity index (χ2v) is 3.71. The van der Waals surface area contributed by atoms with Gasteiger partial charge in [0.2, 0.25) is 0 Å². The summed E-state index contributed by atoms with van der Waals surface area (Å²) < 4.78 is 9.90. The van der Waals surface area contributed by atoms with Crippen molar-refractivity contribution in [2.45, 2.75) is 39.7 Å². The fraction of sp³-hybridized carbons (Fsp3) is 0.917. The Hall–Kier alpha value is -0.610. The highest BCUT2D eigenvalue weighted by molar-refractivity contribution is 5.86. The fourth-order valence-electron chi connectivity index (χ4n) is 1.22. The van der Waals surface area contributed by atoms with E-state index in [1.165, 1.54) is 0 Å². The van der Waals surface area contributed by atoms with E-state index < -0.39 is 0 Å². The van der Waals surface area contributed by atoms with E-state index in [9.17, 15) is 0 Å². The van der Waals surface area contributed by atoms with Crippen LogP contribution >= 0.6 is 0 Å². The maximum Gasteiger partial charge on any atom is 0.0964 e. The monoisotopic (exact) mass is 232 g/mol. The molecule has 0 aromatic rings. The van der Waals surface area contributed by atoms with Gasteiger partial charge in [0.05, 0.1) is 11.8 Å². The molecular weight excluding hydrogens is 204 g/mol. The first kappa shape index (κ1) is 17.8. The average Bonchev–Trinajstić information content (AvgIpc) is 2.20. The average molecular weight is 232 g/mol. The number of nitrogens with zero attached hydrogens (tertiary/aromatic N) is 2. The van der Waals surface area contributed by atoms with E-state index in [-0.39, 0.29) is 6.10 Å². The summed E-state index contributed by atoms with van der Waals surface area (Å²) in [5.74, 6) is 0. The van der Waals surface area contributed by atoms with Gasteiger partial charge in [0, 0.05) is 34.9 Å². The summed E-state index contributed by atoms with van der Waals surface area (Å²) in [6.07, 6.45) is 2.26. The highest BCUT2D eigenvalue weighted by Crippen LogP contribution is 1.99. The van der Waals surface area contributed by atoms with Crippen LogP contribution in [0.25, 0.3) is 0 Å². The molecule has 0 radical (unpaired) electrons. The highest BCUT2D eigenvalue weighted by atomic mass is 16.5. The van der Waals surface area contributed by atoms with E-state index in [2.05, 4.69) is 18.9 Å². The molecule has 0 saturated heterocycles. The van der Waals surface area contributed by atoms with E-state index in [0.717, 1.165) is 25.2 Å². The first-order valence-corrected chi connectivity index (χ1v) is 5.77. The summed E-state index contributed by atoms with van der Waals surface area (Å²) >= 11 is 0. The Labute approximate surface area is 101 Å². The molecule has 0 aliphatic heterocycles. The lowest BCUT2D eigenvalue weighted by Crippen LogP contribution is -2.21. The lowest BCUT2D eigenvalue weighted by atomic mass is 10.2. The highest BCUT2D eigenvalue weighted by Gasteiger charge is 2.07. The predicted octanol–water partition coefficient (Wildman–Crippen LogP) is 2.39. The molecule has 0 aliphatic rings. The molecule has 0 heterocycles. The van der Waals surface area contributed by atoms with Gasteiger partial charge in [-0.15, -0.1) is 0 Å². The van der Waals surface area contributed by atoms with Crippen molar-refractivity contribution in [2.75, 3.05) is 34.9 Å². The van der Waals surface area contributed by atoms with Gasteiger partial charge in [-0.3, -0.25) is 0 Å². The summed E-state index contributed by atoms with van der Waals surface area (Å²) in [4.78, 5) is 0. The van der Waals surface area contributed by atoms with Crippen molar-refractivity contribution in [1.82, 2.24) is 5.01 Å². The number of hydrogen-bond acceptors (Lipinski definition) is 4. The maximum absolute atomic E-state index is 5.20. The molecule has 0 aromatic heterocycles. The minimum absolute atomic E-state index is 0.164. The number of ether oxygens (including phenoxy) is 2. The van der Waals surface area contributed by atoms with Crippen LogP contribution in [0, 0.1) is 0 Å². The quantitative estimate of drug-likeness (QED) is 0.521. The first-order chi connectivity index (χ1) is 7.53. The molecule has 0 amide bonds. The summed E-state index contributed by atoms with van der Waals surface area (Å²) in [5.41, 5.74) is 1.03. The van der Waals surface area contributed by atoms with Crippen LogP contribution in [0.15, 0.2) is 5.10 Å². The van der Waals surface area contributed by atoms with Gasteiger partial charge in [-0.2, -0.15) is 5.10 Å². The zero-order chi connectivity index (χ0) is 13.0. The van der Waals surface area contributed by atoms with Gasteiger partial charge in [0.15, 0.2) is 0 Å². The Kier molecular flexibility index (Phi) is 13.8. The van der Waals surface area contributed by atoms with Crippen LogP contribution in [0.3, 0.4) is 0 Å². The number of hydrazone groups is 1. The molecule has 4 nitrogen and oxygen atoms in total. The SMILES string of the molecule is CCC(OC)/C(C)=N/N(C)C.CCCOC. The second-order valence-electron chi connectivity index (χ2n) is 3.71. The largest absolute Gasteiger partial charge is 0.385 e. The molecule has 0 N–H and O–H groups in total. The molecule has 4 heteroatoms. The Morgan fingerprint density at radius 3 is 2.00 bits per heavy atom. The van der Waals surface area contributed by atoms with Crippen LogP contribution in [-0.2, 0) is 9.47 Å². The van der Waals surface area contributed by atoms with Gasteiger partial charge in [-0.25, -0.2) is 0 Å². The molecule has 0 aliphatic carbocycles. The van der Waals surface area contributed by atoms with Crippen LogP contribution in [0.5, 0.6) is 0 Å². The number of hydrogen-bond donors (Lipinski definition) is 0. The smallest absolute Gasteiger partial charge is 0.0964 e. The lowest BCUT2D eigenvalue weighted by Gasteiger charge is -2.14. The summed E-state index contributed by atoms with van der Waals surface area (Å²) in [6, 6.07) is 0. The van der Waals surface area contributed by atoms with Gasteiger partial charge in [0.1, 0.15) is 0 Å². The third-order valence-electron chi connectivity index (χ3n) is 1.89. The molecule has 98 valence electrons. The van der Waals surface area contributed by atoms with E-state index in [1.54, 1.807) is 19.2 Å². The summed E-state index contributed by atoms with van der Waals surface area (Å²) in [5, 5.41) is 6.03. The molecular formula is C12H28N2O2. The van der Waals surface area contributed by atoms with Crippen LogP contribution in [0.4, 0.5) is 0 Å². The van der Waals surface area contributed by atoms with Crippen LogP contribution in [0.2, 0.25) is 0 Å². The Morgan fingerprint density at radius 2 is 1.81 bits per heavy atom. The van der Waals surface area contributed by atoms with Gasteiger partial charge in [0.25, 0.3) is 0 Å². The van der Waals surface area contributed by atoms with E-state index in [4.69, 9.17) is 9.47 Å². The summed E-state index contributed by atoms with van der Waals surface area (Å²) in [6.45, 7) is 7.05. The van der Waals surface area contributed by atoms with Crippen molar-refractivity contribution in [1.29, 1.82) is 0 Å². The van der Waals surface area contributed by atoms with E-state index >= 15 is 0 Å². The summed E-state index contributed by atoms with van der Waals surface area (Å²) in [7, 11) is 7.24. The van der Waals surface area contributed by atoms with Crippen LogP contribution in [-0.4, -0.2) is 51.7 Å². The standard InChI is InChI=1S/C8H18N2O.C4H10O/c1-6-8(11-5)7(2)9-10(3)4;1-3-4-5-2/h8H,6H2,1-5H3;3-4H2,1-2H3/b9-7+;. The Bertz CT molecular complexity index is 164. The van der Waals surface area contributed by atoms with E-state index in [0.29, 0.717) is 0 Å². The van der Waals surface area contributed by atoms with Crippen molar-refractivity contribution in [3.8, 4) is 0 Å². The molecule has 1 atom stereocenters. The molecule has 0 bridgehead atoms. The zero-order valence-electron chi connectivity index (χ0n) is 11.9. The van der Waals surface area contributed by atoms with E-state index in [1.807, 2.05) is 21.0 Å². The first-order valence-electron chi connectivity index (χ1n) is 5.77. The molecule has 0 fully saturated rings. The maximum atomic E-state index is 5.20. The second kappa shape index (κ2) is 12.5. The van der Waals surface area contributed by atoms with Gasteiger partial charge >= 0.3 is 0 Å². The fourth-order valence-corrected chi connectivity index (χ4v) is 1.22. The topological polar surface area (TPSA) is 34.1 Å². The molecule has 16 heavy (non-hydrogen) atoms. The number of rotatable bonds is 6. The third kappa shape index (κ3) is 11.5. The van der Waals surface area contributed by atoms with Gasteiger partial charge < -0.3 is 14.5 Å². The van der Waals surface area contributed by atoms with Crippen molar-refractivity contribution in [3.05, 3.63) is 0 Å². The van der Waals surface area contributed by atoms with Gasteiger partial charge in [-0.05, 0) is 19.8 Å². The van der Waals surface area contributed by atoms with Crippen molar-refractivity contribution in [2.24, 2.45) is 5.10 Å². The van der Waals surface area contributed by atoms with Crippen molar-refractivity contribution >= 4 is 5.71 Å². The molecule has 0 rings (SSSR count). The Balaban J connectivity index is 0. The normalized spacial score (nSPS) is 12.8. The van der Waals surface area contributed by atoms with Crippen molar-refractivity contribution < 1.29 is 9.47 Å². The molecule has 0 saturated carbocycles. The molecule has 1 unspecified atom stereocenters. The lowest BCUT2D eigenvalue weighted by molar-refractivity contribution is 0.150. The zero-order valence-corrected chi connectivity index (χ0v) is 11.9. The van der Waals surface area contributed by atoms with Crippen LogP contribution in [0.1, 0.15) is 33.6 Å². The predicted molar refractivity (Wildman–Crippen MR) is 70.1 cm³/mol.